The standard InChI is InChI=1S/C27H22BrClO6/c1-16-10-17(2)12-20(11-16)34-25-15-33-24-14-19(6-7-21(24)27(25)31)35-26(30)4-3-9-32-23-8-5-18(28)13-22(23)29/h5-8,10-15H,3-4,9H2,1-2H3. The number of carbonyl (C=O) groups is 1. The lowest BCUT2D eigenvalue weighted by Gasteiger charge is -2.09. The van der Waals surface area contributed by atoms with Crippen LogP contribution in [0, 0.1) is 13.8 Å². The average Bonchev–Trinajstić information content (AvgIpc) is 2.79. The first kappa shape index (κ1) is 24.8. The van der Waals surface area contributed by atoms with E-state index in [9.17, 15) is 9.59 Å². The molecule has 0 aliphatic rings. The average molecular weight is 558 g/mol. The predicted octanol–water partition coefficient (Wildman–Crippen LogP) is 7.38. The van der Waals surface area contributed by atoms with Crippen molar-refractivity contribution in [2.75, 3.05) is 6.61 Å². The minimum Gasteiger partial charge on any atom is -0.492 e. The van der Waals surface area contributed by atoms with Crippen LogP contribution in [0.3, 0.4) is 0 Å². The molecule has 1 heterocycles. The molecule has 0 radical (unpaired) electrons. The summed E-state index contributed by atoms with van der Waals surface area (Å²) >= 11 is 9.45. The fourth-order valence-electron chi connectivity index (χ4n) is 3.52. The zero-order valence-electron chi connectivity index (χ0n) is 19.1. The van der Waals surface area contributed by atoms with Crippen LogP contribution >= 0.6 is 27.5 Å². The molecule has 0 N–H and O–H groups in total. The van der Waals surface area contributed by atoms with E-state index in [2.05, 4.69) is 15.9 Å². The third-order valence-corrected chi connectivity index (χ3v) is 5.83. The number of ether oxygens (including phenoxy) is 3. The van der Waals surface area contributed by atoms with Gasteiger partial charge in [-0.25, -0.2) is 0 Å². The molecule has 0 aliphatic heterocycles. The highest BCUT2D eigenvalue weighted by atomic mass is 79.9. The highest BCUT2D eigenvalue weighted by Gasteiger charge is 2.13. The number of halogens is 2. The molecule has 6 nitrogen and oxygen atoms in total. The molecule has 180 valence electrons. The molecule has 0 saturated heterocycles. The van der Waals surface area contributed by atoms with E-state index < -0.39 is 5.97 Å². The third-order valence-electron chi connectivity index (χ3n) is 5.05. The van der Waals surface area contributed by atoms with E-state index in [0.29, 0.717) is 40.5 Å². The quantitative estimate of drug-likeness (QED) is 0.128. The van der Waals surface area contributed by atoms with E-state index in [1.165, 1.54) is 12.3 Å². The maximum atomic E-state index is 12.9. The second-order valence-corrected chi connectivity index (χ2v) is 9.34. The van der Waals surface area contributed by atoms with Crippen LogP contribution in [0.15, 0.2) is 74.5 Å². The van der Waals surface area contributed by atoms with Crippen molar-refractivity contribution in [1.82, 2.24) is 0 Å². The van der Waals surface area contributed by atoms with Crippen molar-refractivity contribution in [2.24, 2.45) is 0 Å². The zero-order valence-corrected chi connectivity index (χ0v) is 21.4. The molecular formula is C27H22BrClO6. The molecule has 8 heteroatoms. The topological polar surface area (TPSA) is 75.0 Å². The maximum absolute atomic E-state index is 12.9. The first-order chi connectivity index (χ1) is 16.8. The summed E-state index contributed by atoms with van der Waals surface area (Å²) < 4.78 is 23.2. The zero-order chi connectivity index (χ0) is 24.9. The number of hydrogen-bond acceptors (Lipinski definition) is 6. The van der Waals surface area contributed by atoms with Crippen LogP contribution in [0.5, 0.6) is 23.0 Å². The molecule has 1 aromatic heterocycles. The van der Waals surface area contributed by atoms with Gasteiger partial charge in [-0.15, -0.1) is 0 Å². The lowest BCUT2D eigenvalue weighted by molar-refractivity contribution is -0.134. The fraction of sp³-hybridized carbons (Fsp3) is 0.185. The van der Waals surface area contributed by atoms with Gasteiger partial charge < -0.3 is 18.6 Å². The summed E-state index contributed by atoms with van der Waals surface area (Å²) in [5.41, 5.74) is 2.04. The Morgan fingerprint density at radius 2 is 1.74 bits per heavy atom. The summed E-state index contributed by atoms with van der Waals surface area (Å²) in [5, 5.41) is 0.814. The summed E-state index contributed by atoms with van der Waals surface area (Å²) in [4.78, 5) is 25.1. The Morgan fingerprint density at radius 3 is 2.49 bits per heavy atom. The number of esters is 1. The van der Waals surface area contributed by atoms with Gasteiger partial charge in [-0.1, -0.05) is 33.6 Å². The number of fused-ring (bicyclic) bond motifs is 1. The third kappa shape index (κ3) is 6.44. The smallest absolute Gasteiger partial charge is 0.311 e. The van der Waals surface area contributed by atoms with Crippen LogP contribution in [0.2, 0.25) is 5.02 Å². The lowest BCUT2D eigenvalue weighted by Crippen LogP contribution is -2.10. The Kier molecular flexibility index (Phi) is 7.78. The van der Waals surface area contributed by atoms with Crippen LogP contribution in [-0.2, 0) is 4.79 Å². The minimum atomic E-state index is -0.424. The van der Waals surface area contributed by atoms with Gasteiger partial charge in [-0.05, 0) is 73.9 Å². The number of hydrogen-bond donors (Lipinski definition) is 0. The lowest BCUT2D eigenvalue weighted by atomic mass is 10.1. The molecule has 0 spiro atoms. The van der Waals surface area contributed by atoms with E-state index in [1.54, 1.807) is 24.3 Å². The number of benzene rings is 3. The van der Waals surface area contributed by atoms with Crippen molar-refractivity contribution >= 4 is 44.5 Å². The molecule has 4 rings (SSSR count). The maximum Gasteiger partial charge on any atom is 0.311 e. The fourth-order valence-corrected chi connectivity index (χ4v) is 4.25. The van der Waals surface area contributed by atoms with Crippen LogP contribution in [-0.4, -0.2) is 12.6 Å². The van der Waals surface area contributed by atoms with E-state index in [4.69, 9.17) is 30.2 Å². The van der Waals surface area contributed by atoms with Crippen molar-refractivity contribution in [1.29, 1.82) is 0 Å². The number of aryl methyl sites for hydroxylation is 2. The molecule has 0 unspecified atom stereocenters. The van der Waals surface area contributed by atoms with Gasteiger partial charge in [0.1, 0.15) is 29.1 Å². The Hall–Kier alpha value is -3.29. The van der Waals surface area contributed by atoms with Gasteiger partial charge in [-0.2, -0.15) is 0 Å². The molecule has 0 atom stereocenters. The highest BCUT2D eigenvalue weighted by molar-refractivity contribution is 9.10. The first-order valence-corrected chi connectivity index (χ1v) is 12.1. The van der Waals surface area contributed by atoms with Crippen LogP contribution in [0.1, 0.15) is 24.0 Å². The summed E-state index contributed by atoms with van der Waals surface area (Å²) in [6.45, 7) is 4.22. The highest BCUT2D eigenvalue weighted by Crippen LogP contribution is 2.28. The van der Waals surface area contributed by atoms with Gasteiger partial charge in [0.05, 0.1) is 17.0 Å². The molecular weight excluding hydrogens is 536 g/mol. The second kappa shape index (κ2) is 11.0. The molecule has 4 aromatic rings. The Morgan fingerprint density at radius 1 is 0.971 bits per heavy atom. The monoisotopic (exact) mass is 556 g/mol. The van der Waals surface area contributed by atoms with Gasteiger partial charge >= 0.3 is 5.97 Å². The van der Waals surface area contributed by atoms with Crippen molar-refractivity contribution in [3.8, 4) is 23.0 Å². The Labute approximate surface area is 215 Å². The van der Waals surface area contributed by atoms with Crippen molar-refractivity contribution in [2.45, 2.75) is 26.7 Å². The molecule has 0 saturated carbocycles. The SMILES string of the molecule is Cc1cc(C)cc(Oc2coc3cc(OC(=O)CCCOc4ccc(Br)cc4Cl)ccc3c2=O)c1. The molecule has 0 aliphatic carbocycles. The van der Waals surface area contributed by atoms with Gasteiger partial charge in [-0.3, -0.25) is 9.59 Å². The molecule has 0 fully saturated rings. The summed E-state index contributed by atoms with van der Waals surface area (Å²) in [5.74, 6) is 1.05. The summed E-state index contributed by atoms with van der Waals surface area (Å²) in [6, 6.07) is 15.6. The Balaban J connectivity index is 1.36. The van der Waals surface area contributed by atoms with Crippen LogP contribution < -0.4 is 19.6 Å². The molecule has 0 bridgehead atoms. The normalized spacial score (nSPS) is 10.9. The van der Waals surface area contributed by atoms with E-state index >= 15 is 0 Å². The van der Waals surface area contributed by atoms with Gasteiger partial charge in [0, 0.05) is 17.0 Å². The minimum absolute atomic E-state index is 0.0816. The van der Waals surface area contributed by atoms with Crippen molar-refractivity contribution < 1.29 is 23.4 Å². The second-order valence-electron chi connectivity index (χ2n) is 8.01. The molecule has 0 amide bonds. The van der Waals surface area contributed by atoms with E-state index in [1.807, 2.05) is 38.1 Å². The number of carbonyl (C=O) groups excluding carboxylic acids is 1. The Bertz CT molecular complexity index is 1430. The van der Waals surface area contributed by atoms with Gasteiger partial charge in [0.25, 0.3) is 0 Å². The first-order valence-electron chi connectivity index (χ1n) is 10.9. The molecule has 3 aromatic carbocycles. The van der Waals surface area contributed by atoms with Crippen LogP contribution in [0.4, 0.5) is 0 Å². The van der Waals surface area contributed by atoms with Crippen molar-refractivity contribution in [3.05, 3.63) is 91.7 Å². The summed E-state index contributed by atoms with van der Waals surface area (Å²) in [7, 11) is 0. The van der Waals surface area contributed by atoms with Crippen molar-refractivity contribution in [3.63, 3.8) is 0 Å². The van der Waals surface area contributed by atoms with E-state index in [0.717, 1.165) is 15.6 Å². The molecule has 35 heavy (non-hydrogen) atoms. The van der Waals surface area contributed by atoms with Gasteiger partial charge in [0.2, 0.25) is 11.2 Å². The van der Waals surface area contributed by atoms with Gasteiger partial charge in [0.15, 0.2) is 0 Å². The van der Waals surface area contributed by atoms with Crippen LogP contribution in [0.25, 0.3) is 11.0 Å². The number of rotatable bonds is 8. The summed E-state index contributed by atoms with van der Waals surface area (Å²) in [6.07, 6.45) is 1.87. The van der Waals surface area contributed by atoms with E-state index in [-0.39, 0.29) is 23.3 Å². The largest absolute Gasteiger partial charge is 0.492 e. The predicted molar refractivity (Wildman–Crippen MR) is 138 cm³/mol.